The van der Waals surface area contributed by atoms with Gasteiger partial charge in [0, 0.05) is 10.8 Å². The van der Waals surface area contributed by atoms with Crippen LogP contribution in [0.3, 0.4) is 0 Å². The van der Waals surface area contributed by atoms with Crippen LogP contribution in [-0.2, 0) is 28.6 Å². The molecule has 0 spiro atoms. The minimum Gasteiger partial charge on any atom is -0.266 e. The summed E-state index contributed by atoms with van der Waals surface area (Å²) in [5.74, 6) is 0. The molecule has 108 valence electrons. The summed E-state index contributed by atoms with van der Waals surface area (Å²) < 4.78 is 55.0. The van der Waals surface area contributed by atoms with Gasteiger partial charge in [0.1, 0.15) is 0 Å². The molecule has 1 fully saturated rings. The van der Waals surface area contributed by atoms with Crippen LogP contribution in [0.2, 0.25) is 0 Å². The highest BCUT2D eigenvalue weighted by Gasteiger charge is 2.65. The Morgan fingerprint density at radius 2 is 0.944 bits per heavy atom. The normalized spacial score (nSPS) is 30.8. The van der Waals surface area contributed by atoms with Crippen LogP contribution in [0, 0.1) is 10.8 Å². The van der Waals surface area contributed by atoms with Crippen LogP contribution in [0.15, 0.2) is 0 Å². The van der Waals surface area contributed by atoms with Gasteiger partial charge in [-0.15, -0.1) is 0 Å². The van der Waals surface area contributed by atoms with Gasteiger partial charge >= 0.3 is 0 Å². The van der Waals surface area contributed by atoms with Gasteiger partial charge in [-0.2, -0.15) is 16.8 Å². The largest absolute Gasteiger partial charge is 0.266 e. The second kappa shape index (κ2) is 4.16. The molecule has 1 aliphatic carbocycles. The highest BCUT2D eigenvalue weighted by Crippen LogP contribution is 2.57. The van der Waals surface area contributed by atoms with Crippen LogP contribution in [0.25, 0.3) is 0 Å². The topological polar surface area (TPSA) is 86.7 Å². The minimum atomic E-state index is -3.60. The summed E-state index contributed by atoms with van der Waals surface area (Å²) in [6, 6.07) is 0. The Labute approximate surface area is 109 Å². The van der Waals surface area contributed by atoms with Crippen molar-refractivity contribution in [2.45, 2.75) is 39.9 Å². The highest BCUT2D eigenvalue weighted by molar-refractivity contribution is 7.86. The average Bonchev–Trinajstić information content (AvgIpc) is 2.07. The van der Waals surface area contributed by atoms with Gasteiger partial charge in [0.15, 0.2) is 0 Å². The zero-order chi connectivity index (χ0) is 14.6. The van der Waals surface area contributed by atoms with Crippen molar-refractivity contribution < 1.29 is 25.2 Å². The molecule has 0 heterocycles. The number of rotatable bonds is 4. The fraction of sp³-hybridized carbons (Fsp3) is 1.00. The van der Waals surface area contributed by atoms with Crippen molar-refractivity contribution in [3.8, 4) is 0 Å². The van der Waals surface area contributed by atoms with Crippen molar-refractivity contribution in [1.29, 1.82) is 0 Å². The molecule has 1 saturated carbocycles. The first-order chi connectivity index (χ1) is 7.68. The first-order valence-electron chi connectivity index (χ1n) is 5.44. The second-order valence-electron chi connectivity index (χ2n) is 6.00. The molecule has 0 atom stereocenters. The molecule has 18 heavy (non-hydrogen) atoms. The van der Waals surface area contributed by atoms with Crippen molar-refractivity contribution in [2.75, 3.05) is 12.5 Å². The fourth-order valence-corrected chi connectivity index (χ4v) is 4.63. The predicted molar refractivity (Wildman–Crippen MR) is 67.0 cm³/mol. The van der Waals surface area contributed by atoms with Gasteiger partial charge in [-0.25, -0.2) is 0 Å². The van der Waals surface area contributed by atoms with E-state index in [0.29, 0.717) is 0 Å². The molecule has 1 rings (SSSR count). The monoisotopic (exact) mass is 300 g/mol. The summed E-state index contributed by atoms with van der Waals surface area (Å²) in [6.45, 7) is 6.90. The van der Waals surface area contributed by atoms with Crippen LogP contribution in [-0.4, -0.2) is 41.6 Å². The fourth-order valence-electron chi connectivity index (χ4n) is 2.94. The molecule has 0 aromatic heterocycles. The van der Waals surface area contributed by atoms with Crippen LogP contribution in [0.4, 0.5) is 0 Å². The van der Waals surface area contributed by atoms with Crippen molar-refractivity contribution in [1.82, 2.24) is 0 Å². The highest BCUT2D eigenvalue weighted by atomic mass is 32.2. The van der Waals surface area contributed by atoms with E-state index in [-0.39, 0.29) is 0 Å². The smallest absolute Gasteiger partial charge is 0.264 e. The van der Waals surface area contributed by atoms with Crippen molar-refractivity contribution in [3.63, 3.8) is 0 Å². The Bertz CT molecular complexity index is 467. The molecule has 0 unspecified atom stereocenters. The molecule has 0 aliphatic heterocycles. The first-order valence-corrected chi connectivity index (χ1v) is 9.08. The SMILES string of the molecule is CC1(C)C(OS(C)(=O)=O)C(C)(C)C1OS(C)(=O)=O. The molecule has 0 N–H and O–H groups in total. The molecular formula is C10H20O6S2. The van der Waals surface area contributed by atoms with Crippen molar-refractivity contribution >= 4 is 20.2 Å². The van der Waals surface area contributed by atoms with Gasteiger partial charge in [-0.3, -0.25) is 8.37 Å². The lowest BCUT2D eigenvalue weighted by Gasteiger charge is -2.61. The lowest BCUT2D eigenvalue weighted by atomic mass is 9.51. The molecule has 6 nitrogen and oxygen atoms in total. The molecule has 8 heteroatoms. The van der Waals surface area contributed by atoms with Crippen LogP contribution < -0.4 is 0 Å². The average molecular weight is 300 g/mol. The van der Waals surface area contributed by atoms with E-state index in [9.17, 15) is 16.8 Å². The summed E-state index contributed by atoms with van der Waals surface area (Å²) in [5, 5.41) is 0. The Balaban J connectivity index is 3.02. The van der Waals surface area contributed by atoms with E-state index < -0.39 is 43.3 Å². The molecule has 0 saturated heterocycles. The molecule has 0 amide bonds. The quantitative estimate of drug-likeness (QED) is 0.712. The minimum absolute atomic E-state index is 0.619. The first kappa shape index (κ1) is 15.9. The van der Waals surface area contributed by atoms with Crippen molar-refractivity contribution in [2.24, 2.45) is 10.8 Å². The van der Waals surface area contributed by atoms with Gasteiger partial charge in [0.2, 0.25) is 0 Å². The summed E-state index contributed by atoms with van der Waals surface area (Å²) >= 11 is 0. The Morgan fingerprint density at radius 3 is 1.11 bits per heavy atom. The molecule has 1 aliphatic rings. The summed E-state index contributed by atoms with van der Waals surface area (Å²) in [6.07, 6.45) is 0.715. The van der Waals surface area contributed by atoms with E-state index >= 15 is 0 Å². The Morgan fingerprint density at radius 1 is 0.722 bits per heavy atom. The number of hydrogen-bond acceptors (Lipinski definition) is 6. The van der Waals surface area contributed by atoms with E-state index in [1.54, 1.807) is 27.7 Å². The Hall–Kier alpha value is -0.180. The molecule has 0 radical (unpaired) electrons. The van der Waals surface area contributed by atoms with E-state index in [0.717, 1.165) is 12.5 Å². The maximum Gasteiger partial charge on any atom is 0.264 e. The van der Waals surface area contributed by atoms with Gasteiger partial charge in [-0.1, -0.05) is 27.7 Å². The lowest BCUT2D eigenvalue weighted by Crippen LogP contribution is -2.69. The maximum atomic E-state index is 11.2. The second-order valence-corrected chi connectivity index (χ2v) is 9.20. The van der Waals surface area contributed by atoms with Gasteiger partial charge in [0.05, 0.1) is 24.7 Å². The summed E-state index contributed by atoms with van der Waals surface area (Å²) in [4.78, 5) is 0. The number of hydrogen-bond donors (Lipinski definition) is 0. The van der Waals surface area contributed by atoms with E-state index in [4.69, 9.17) is 8.37 Å². The third-order valence-electron chi connectivity index (χ3n) is 3.25. The molecular weight excluding hydrogens is 280 g/mol. The lowest BCUT2D eigenvalue weighted by molar-refractivity contribution is -0.221. The standard InChI is InChI=1S/C10H20O6S2/c1-9(2)7(15-17(5,11)12)10(3,4)8(9)16-18(6,13)14/h7-8H,1-6H3. The molecule has 0 aromatic carbocycles. The van der Waals surface area contributed by atoms with E-state index in [2.05, 4.69) is 0 Å². The van der Waals surface area contributed by atoms with Gasteiger partial charge in [-0.05, 0) is 0 Å². The summed E-state index contributed by atoms with van der Waals surface area (Å²) in [5.41, 5.74) is -1.40. The van der Waals surface area contributed by atoms with Gasteiger partial charge < -0.3 is 0 Å². The molecule has 0 bridgehead atoms. The van der Waals surface area contributed by atoms with E-state index in [1.165, 1.54) is 0 Å². The molecule has 0 aromatic rings. The Kier molecular flexibility index (Phi) is 3.67. The maximum absolute atomic E-state index is 11.2. The third-order valence-corrected chi connectivity index (χ3v) is 4.33. The summed E-state index contributed by atoms with van der Waals surface area (Å²) in [7, 11) is -7.20. The van der Waals surface area contributed by atoms with Crippen molar-refractivity contribution in [3.05, 3.63) is 0 Å². The zero-order valence-electron chi connectivity index (χ0n) is 11.4. The van der Waals surface area contributed by atoms with Gasteiger partial charge in [0.25, 0.3) is 20.2 Å². The van der Waals surface area contributed by atoms with Crippen LogP contribution >= 0.6 is 0 Å². The predicted octanol–water partition coefficient (Wildman–Crippen LogP) is 0.742. The van der Waals surface area contributed by atoms with E-state index in [1.807, 2.05) is 0 Å². The third kappa shape index (κ3) is 3.04. The van der Waals surface area contributed by atoms with Crippen LogP contribution in [0.5, 0.6) is 0 Å². The van der Waals surface area contributed by atoms with Crippen LogP contribution in [0.1, 0.15) is 27.7 Å². The zero-order valence-corrected chi connectivity index (χ0v) is 13.1.